The molecule has 2 aromatic rings. The number of hydrogen-bond acceptors (Lipinski definition) is 5. The van der Waals surface area contributed by atoms with Crippen LogP contribution in [0.15, 0.2) is 15.9 Å². The topological polar surface area (TPSA) is 147 Å². The lowest BCUT2D eigenvalue weighted by molar-refractivity contribution is -0.137. The SMILES string of the molecule is CC(=O)O.CCCC(=O)O.Cn1c(=O)c2[nH]cnc2n(C)c1=O. The number of nitrogens with one attached hydrogen (secondary N) is 1. The number of nitrogens with zero attached hydrogens (tertiary/aromatic N) is 3. The molecule has 0 bridgehead atoms. The molecule has 0 saturated carbocycles. The number of rotatable bonds is 2. The minimum atomic E-state index is -0.833. The largest absolute Gasteiger partial charge is 0.481 e. The Morgan fingerprint density at radius 2 is 1.74 bits per heavy atom. The van der Waals surface area contributed by atoms with E-state index in [1.807, 2.05) is 6.92 Å². The summed E-state index contributed by atoms with van der Waals surface area (Å²) in [7, 11) is 3.01. The smallest absolute Gasteiger partial charge is 0.332 e. The Labute approximate surface area is 131 Å². The molecule has 0 spiro atoms. The number of aromatic amines is 1. The van der Waals surface area contributed by atoms with Gasteiger partial charge in [-0.25, -0.2) is 9.78 Å². The number of H-pyrrole nitrogens is 1. The molecule has 0 aromatic carbocycles. The molecule has 0 radical (unpaired) electrons. The van der Waals surface area contributed by atoms with Gasteiger partial charge in [0.1, 0.15) is 5.52 Å². The molecule has 2 aromatic heterocycles. The summed E-state index contributed by atoms with van der Waals surface area (Å²) in [6, 6.07) is 0. The van der Waals surface area contributed by atoms with Gasteiger partial charge in [0, 0.05) is 27.4 Å². The third-order valence-corrected chi connectivity index (χ3v) is 2.49. The molecule has 2 heterocycles. The van der Waals surface area contributed by atoms with Crippen LogP contribution in [0.1, 0.15) is 26.7 Å². The fourth-order valence-corrected chi connectivity index (χ4v) is 1.48. The van der Waals surface area contributed by atoms with Crippen LogP contribution >= 0.6 is 0 Å². The van der Waals surface area contributed by atoms with Crippen LogP contribution in [0.2, 0.25) is 0 Å². The standard InChI is InChI=1S/C7H8N4O2.C4H8O2.C2H4O2/c1-10-5-4(8-3-9-5)6(12)11(2)7(10)13;1-2-3-4(5)6;1-2(3)4/h3H,1-2H3,(H,8,9);2-3H2,1H3,(H,5,6);1H3,(H,3,4). The van der Waals surface area contributed by atoms with Crippen molar-refractivity contribution in [1.82, 2.24) is 19.1 Å². The summed E-state index contributed by atoms with van der Waals surface area (Å²) in [4.78, 5) is 48.0. The molecule has 23 heavy (non-hydrogen) atoms. The van der Waals surface area contributed by atoms with Gasteiger partial charge in [-0.3, -0.25) is 23.5 Å². The zero-order chi connectivity index (χ0) is 18.2. The van der Waals surface area contributed by atoms with Crippen LogP contribution in [0, 0.1) is 0 Å². The van der Waals surface area contributed by atoms with Gasteiger partial charge in [0.2, 0.25) is 0 Å². The minimum Gasteiger partial charge on any atom is -0.481 e. The minimum absolute atomic E-state index is 0.292. The van der Waals surface area contributed by atoms with Gasteiger partial charge in [0.05, 0.1) is 6.33 Å². The molecule has 0 unspecified atom stereocenters. The van der Waals surface area contributed by atoms with Crippen LogP contribution in [0.25, 0.3) is 11.2 Å². The number of carbonyl (C=O) groups is 2. The zero-order valence-electron chi connectivity index (χ0n) is 13.4. The van der Waals surface area contributed by atoms with Gasteiger partial charge in [-0.15, -0.1) is 0 Å². The number of carboxylic acids is 2. The molecule has 3 N–H and O–H groups in total. The third-order valence-electron chi connectivity index (χ3n) is 2.49. The normalized spacial score (nSPS) is 9.39. The molecular formula is C13H20N4O6. The number of imidazole rings is 1. The molecule has 10 heteroatoms. The van der Waals surface area contributed by atoms with Gasteiger partial charge in [0.25, 0.3) is 11.5 Å². The van der Waals surface area contributed by atoms with Crippen molar-refractivity contribution < 1.29 is 19.8 Å². The Morgan fingerprint density at radius 3 is 2.13 bits per heavy atom. The van der Waals surface area contributed by atoms with E-state index in [0.29, 0.717) is 17.6 Å². The van der Waals surface area contributed by atoms with Crippen LogP contribution < -0.4 is 11.2 Å². The third kappa shape index (κ3) is 6.16. The molecule has 0 aliphatic heterocycles. The number of aromatic nitrogens is 4. The van der Waals surface area contributed by atoms with Gasteiger partial charge < -0.3 is 15.2 Å². The van der Waals surface area contributed by atoms with Crippen LogP contribution in [0.5, 0.6) is 0 Å². The molecule has 0 fully saturated rings. The van der Waals surface area contributed by atoms with Crippen LogP contribution in [0.4, 0.5) is 0 Å². The van der Waals surface area contributed by atoms with Crippen molar-refractivity contribution >= 4 is 23.1 Å². The highest BCUT2D eigenvalue weighted by molar-refractivity contribution is 5.68. The maximum absolute atomic E-state index is 11.4. The Bertz CT molecular complexity index is 782. The van der Waals surface area contributed by atoms with E-state index in [0.717, 1.165) is 17.9 Å². The van der Waals surface area contributed by atoms with Crippen molar-refractivity contribution in [1.29, 1.82) is 0 Å². The lowest BCUT2D eigenvalue weighted by Gasteiger charge is -2.00. The van der Waals surface area contributed by atoms with E-state index < -0.39 is 11.9 Å². The Balaban J connectivity index is 0.000000407. The molecular weight excluding hydrogens is 308 g/mol. The van der Waals surface area contributed by atoms with Crippen molar-refractivity contribution in [2.75, 3.05) is 0 Å². The van der Waals surface area contributed by atoms with Crippen molar-refractivity contribution in [2.24, 2.45) is 14.1 Å². The number of aliphatic carboxylic acids is 2. The van der Waals surface area contributed by atoms with E-state index in [2.05, 4.69) is 9.97 Å². The second-order valence-electron chi connectivity index (χ2n) is 4.47. The fourth-order valence-electron chi connectivity index (χ4n) is 1.48. The van der Waals surface area contributed by atoms with Crippen LogP contribution in [-0.2, 0) is 23.7 Å². The number of fused-ring (bicyclic) bond motifs is 1. The van der Waals surface area contributed by atoms with Gasteiger partial charge in [-0.05, 0) is 6.42 Å². The highest BCUT2D eigenvalue weighted by Gasteiger charge is 2.08. The first-order valence-electron chi connectivity index (χ1n) is 6.63. The highest BCUT2D eigenvalue weighted by atomic mass is 16.4. The fraction of sp³-hybridized carbons (Fsp3) is 0.462. The highest BCUT2D eigenvalue weighted by Crippen LogP contribution is 1.97. The van der Waals surface area contributed by atoms with E-state index in [9.17, 15) is 14.4 Å². The van der Waals surface area contributed by atoms with E-state index in [1.165, 1.54) is 17.9 Å². The molecule has 0 saturated heterocycles. The number of hydrogen-bond donors (Lipinski definition) is 3. The van der Waals surface area contributed by atoms with Crippen molar-refractivity contribution in [3.63, 3.8) is 0 Å². The van der Waals surface area contributed by atoms with Gasteiger partial charge >= 0.3 is 11.7 Å². The van der Waals surface area contributed by atoms with E-state index in [-0.39, 0.29) is 11.2 Å². The summed E-state index contributed by atoms with van der Waals surface area (Å²) in [6.45, 7) is 2.92. The van der Waals surface area contributed by atoms with Crippen LogP contribution in [-0.4, -0.2) is 41.3 Å². The summed E-state index contributed by atoms with van der Waals surface area (Å²) < 4.78 is 2.37. The molecule has 10 nitrogen and oxygen atoms in total. The quantitative estimate of drug-likeness (QED) is 0.698. The average Bonchev–Trinajstić information content (AvgIpc) is 2.92. The van der Waals surface area contributed by atoms with E-state index >= 15 is 0 Å². The first-order valence-corrected chi connectivity index (χ1v) is 6.63. The van der Waals surface area contributed by atoms with Crippen molar-refractivity contribution in [3.05, 3.63) is 27.2 Å². The van der Waals surface area contributed by atoms with Crippen molar-refractivity contribution in [3.8, 4) is 0 Å². The number of aryl methyl sites for hydroxylation is 1. The lowest BCUT2D eigenvalue weighted by atomic mass is 10.4. The summed E-state index contributed by atoms with van der Waals surface area (Å²) >= 11 is 0. The first-order chi connectivity index (χ1) is 10.6. The predicted molar refractivity (Wildman–Crippen MR) is 82.4 cm³/mol. The second kappa shape index (κ2) is 9.18. The monoisotopic (exact) mass is 328 g/mol. The Hall–Kier alpha value is -2.91. The summed E-state index contributed by atoms with van der Waals surface area (Å²) in [6.07, 6.45) is 2.42. The molecule has 2 rings (SSSR count). The van der Waals surface area contributed by atoms with Gasteiger partial charge in [-0.2, -0.15) is 0 Å². The lowest BCUT2D eigenvalue weighted by Crippen LogP contribution is -2.36. The van der Waals surface area contributed by atoms with E-state index in [1.54, 1.807) is 7.05 Å². The number of carboxylic acid groups (broad SMARTS) is 2. The average molecular weight is 328 g/mol. The summed E-state index contributed by atoms with van der Waals surface area (Å²) in [5.41, 5.74) is 0.0119. The van der Waals surface area contributed by atoms with Crippen LogP contribution in [0.3, 0.4) is 0 Å². The Morgan fingerprint density at radius 1 is 1.22 bits per heavy atom. The maximum Gasteiger partial charge on any atom is 0.332 e. The Kier molecular flexibility index (Phi) is 8.02. The summed E-state index contributed by atoms with van der Waals surface area (Å²) in [5.74, 6) is -1.54. The summed E-state index contributed by atoms with van der Waals surface area (Å²) in [5, 5.41) is 15.3. The molecule has 0 aliphatic carbocycles. The predicted octanol–water partition coefficient (Wildman–Crippen LogP) is -0.0777. The van der Waals surface area contributed by atoms with Gasteiger partial charge in [-0.1, -0.05) is 6.92 Å². The van der Waals surface area contributed by atoms with E-state index in [4.69, 9.17) is 15.0 Å². The zero-order valence-corrected chi connectivity index (χ0v) is 13.4. The maximum atomic E-state index is 11.4. The van der Waals surface area contributed by atoms with Crippen molar-refractivity contribution in [2.45, 2.75) is 26.7 Å². The molecule has 0 atom stereocenters. The second-order valence-corrected chi connectivity index (χ2v) is 4.47. The first kappa shape index (κ1) is 20.1. The molecule has 0 aliphatic rings. The molecule has 0 amide bonds. The van der Waals surface area contributed by atoms with Gasteiger partial charge in [0.15, 0.2) is 5.65 Å². The molecule has 128 valence electrons.